The summed E-state index contributed by atoms with van der Waals surface area (Å²) in [7, 11) is 0. The Hall–Kier alpha value is -3.79. The highest BCUT2D eigenvalue weighted by atomic mass is 16.5. The number of benzene rings is 3. The van der Waals surface area contributed by atoms with Crippen LogP contribution in [-0.2, 0) is 0 Å². The number of aromatic nitrogens is 1. The summed E-state index contributed by atoms with van der Waals surface area (Å²) >= 11 is 0. The van der Waals surface area contributed by atoms with Gasteiger partial charge < -0.3 is 14.4 Å². The Balaban J connectivity index is 1.69. The molecule has 4 rings (SSSR count). The molecule has 0 amide bonds. The quantitative estimate of drug-likeness (QED) is 0.0937. The monoisotopic (exact) mass is 606 g/mol. The normalized spacial score (nSPS) is 11.0. The van der Waals surface area contributed by atoms with Gasteiger partial charge in [0.05, 0.1) is 24.6 Å². The van der Waals surface area contributed by atoms with E-state index in [0.29, 0.717) is 0 Å². The minimum atomic E-state index is 0.717. The number of unbranched alkanes of at least 4 members (excludes halogenated alkanes) is 8. The number of hydrogen-bond donors (Lipinski definition) is 0. The fraction of sp³-hybridized carbons (Fsp3) is 0.439. The topological polar surface area (TPSA) is 34.6 Å². The van der Waals surface area contributed by atoms with Crippen LogP contribution in [0.5, 0.6) is 11.5 Å². The molecule has 0 aliphatic heterocycles. The second-order valence-corrected chi connectivity index (χ2v) is 11.9. The van der Waals surface area contributed by atoms with Crippen molar-refractivity contribution in [1.82, 2.24) is 4.98 Å². The molecule has 0 saturated carbocycles. The predicted molar refractivity (Wildman–Crippen MR) is 193 cm³/mol. The zero-order valence-corrected chi connectivity index (χ0v) is 28.2. The number of nitrogens with zero attached hydrogens (tertiary/aromatic N) is 2. The molecule has 1 aromatic heterocycles. The molecule has 0 spiro atoms. The summed E-state index contributed by atoms with van der Waals surface area (Å²) in [5.74, 6) is 1.77. The third-order valence-corrected chi connectivity index (χ3v) is 8.49. The van der Waals surface area contributed by atoms with Gasteiger partial charge in [0.1, 0.15) is 11.5 Å². The van der Waals surface area contributed by atoms with Gasteiger partial charge >= 0.3 is 0 Å². The lowest BCUT2D eigenvalue weighted by atomic mass is 9.99. The van der Waals surface area contributed by atoms with Crippen LogP contribution >= 0.6 is 0 Å². The van der Waals surface area contributed by atoms with Gasteiger partial charge in [-0.1, -0.05) is 102 Å². The number of ether oxygens (including phenoxy) is 2. The third kappa shape index (κ3) is 10.1. The number of rotatable bonds is 20. The van der Waals surface area contributed by atoms with Crippen LogP contribution in [0.3, 0.4) is 0 Å². The number of para-hydroxylation sites is 2. The maximum atomic E-state index is 6.38. The lowest BCUT2D eigenvalue weighted by Crippen LogP contribution is -2.21. The van der Waals surface area contributed by atoms with Gasteiger partial charge in [-0.15, -0.1) is 0 Å². The van der Waals surface area contributed by atoms with Crippen LogP contribution in [0.25, 0.3) is 33.6 Å². The minimum absolute atomic E-state index is 0.717. The van der Waals surface area contributed by atoms with Crippen LogP contribution < -0.4 is 14.4 Å². The van der Waals surface area contributed by atoms with Gasteiger partial charge in [-0.3, -0.25) is 0 Å². The molecule has 4 aromatic rings. The third-order valence-electron chi connectivity index (χ3n) is 8.49. The zero-order valence-electron chi connectivity index (χ0n) is 28.2. The van der Waals surface area contributed by atoms with Crippen LogP contribution in [0.15, 0.2) is 84.9 Å². The summed E-state index contributed by atoms with van der Waals surface area (Å²) in [5.41, 5.74) is 7.39. The molecular formula is C41H54N2O2. The molecule has 0 aliphatic rings. The zero-order chi connectivity index (χ0) is 31.7. The molecule has 4 nitrogen and oxygen atoms in total. The molecule has 0 saturated heterocycles. The second kappa shape index (κ2) is 18.9. The van der Waals surface area contributed by atoms with Gasteiger partial charge in [-0.05, 0) is 86.3 Å². The van der Waals surface area contributed by atoms with E-state index >= 15 is 0 Å². The number of hydrogen-bond acceptors (Lipinski definition) is 4. The molecule has 0 aliphatic carbocycles. The van der Waals surface area contributed by atoms with E-state index < -0.39 is 0 Å². The van der Waals surface area contributed by atoms with E-state index in [2.05, 4.69) is 118 Å². The Kier molecular flexibility index (Phi) is 14.3. The largest absolute Gasteiger partial charge is 0.493 e. The van der Waals surface area contributed by atoms with Crippen molar-refractivity contribution in [2.24, 2.45) is 0 Å². The highest BCUT2D eigenvalue weighted by Crippen LogP contribution is 2.37. The molecule has 240 valence electrons. The van der Waals surface area contributed by atoms with Crippen LogP contribution in [0.2, 0.25) is 0 Å². The molecule has 0 fully saturated rings. The van der Waals surface area contributed by atoms with E-state index in [1.54, 1.807) is 0 Å². The molecule has 0 N–H and O–H groups in total. The lowest BCUT2D eigenvalue weighted by molar-refractivity contribution is 0.305. The van der Waals surface area contributed by atoms with Gasteiger partial charge in [-0.25, -0.2) is 4.98 Å². The summed E-state index contributed by atoms with van der Waals surface area (Å²) in [6.07, 6.45) is 12.1. The highest BCUT2D eigenvalue weighted by Gasteiger charge is 2.15. The molecule has 0 unspecified atom stereocenters. The highest BCUT2D eigenvalue weighted by molar-refractivity contribution is 5.80. The molecule has 0 bridgehead atoms. The Labute approximate surface area is 272 Å². The molecule has 1 heterocycles. The minimum Gasteiger partial charge on any atom is -0.493 e. The van der Waals surface area contributed by atoms with Crippen molar-refractivity contribution in [2.45, 2.75) is 91.9 Å². The van der Waals surface area contributed by atoms with Gasteiger partial charge in [0.25, 0.3) is 0 Å². The number of anilines is 1. The van der Waals surface area contributed by atoms with Gasteiger partial charge in [0, 0.05) is 29.9 Å². The summed E-state index contributed by atoms with van der Waals surface area (Å²) in [5, 5.41) is 0. The van der Waals surface area contributed by atoms with Crippen molar-refractivity contribution in [3.63, 3.8) is 0 Å². The first-order valence-electron chi connectivity index (χ1n) is 17.5. The van der Waals surface area contributed by atoms with Crippen molar-refractivity contribution < 1.29 is 9.47 Å². The van der Waals surface area contributed by atoms with E-state index in [-0.39, 0.29) is 0 Å². The Bertz CT molecular complexity index is 1330. The molecule has 0 atom stereocenters. The average molecular weight is 607 g/mol. The van der Waals surface area contributed by atoms with Crippen molar-refractivity contribution in [1.29, 1.82) is 0 Å². The summed E-state index contributed by atoms with van der Waals surface area (Å²) < 4.78 is 12.8. The van der Waals surface area contributed by atoms with E-state index in [4.69, 9.17) is 14.5 Å². The summed E-state index contributed by atoms with van der Waals surface area (Å²) in [6.45, 7) is 12.3. The average Bonchev–Trinajstić information content (AvgIpc) is 3.09. The standard InChI is InChI=1S/C41H54N2O2/c1-5-9-11-13-19-29-44-40-23-17-15-21-36(40)38-31-34(33-25-27-35(28-26-33)43(7-3)8-4)32-39(42-38)37-22-16-18-24-41(37)45-30-20-14-12-10-6-2/h15-18,21-28,31-32H,5-14,19-20,29-30H2,1-4H3. The van der Waals surface area contributed by atoms with E-state index in [0.717, 1.165) is 78.7 Å². The van der Waals surface area contributed by atoms with Crippen LogP contribution in [-0.4, -0.2) is 31.3 Å². The Morgan fingerprint density at radius 1 is 0.511 bits per heavy atom. The predicted octanol–water partition coefficient (Wildman–Crippen LogP) is 11.6. The fourth-order valence-corrected chi connectivity index (χ4v) is 5.81. The molecular weight excluding hydrogens is 552 g/mol. The Morgan fingerprint density at radius 3 is 1.44 bits per heavy atom. The number of pyridine rings is 1. The molecule has 0 radical (unpaired) electrons. The lowest BCUT2D eigenvalue weighted by Gasteiger charge is -2.21. The van der Waals surface area contributed by atoms with E-state index in [1.807, 2.05) is 0 Å². The van der Waals surface area contributed by atoms with Crippen molar-refractivity contribution in [3.05, 3.63) is 84.9 Å². The maximum Gasteiger partial charge on any atom is 0.128 e. The smallest absolute Gasteiger partial charge is 0.128 e. The molecule has 45 heavy (non-hydrogen) atoms. The maximum absolute atomic E-state index is 6.38. The van der Waals surface area contributed by atoms with Crippen LogP contribution in [0, 0.1) is 0 Å². The molecule has 4 heteroatoms. The van der Waals surface area contributed by atoms with Crippen molar-refractivity contribution in [2.75, 3.05) is 31.2 Å². The first-order chi connectivity index (χ1) is 22.2. The summed E-state index contributed by atoms with van der Waals surface area (Å²) in [4.78, 5) is 7.64. The van der Waals surface area contributed by atoms with E-state index in [9.17, 15) is 0 Å². The summed E-state index contributed by atoms with van der Waals surface area (Å²) in [6, 6.07) is 30.0. The fourth-order valence-electron chi connectivity index (χ4n) is 5.81. The Morgan fingerprint density at radius 2 is 0.978 bits per heavy atom. The van der Waals surface area contributed by atoms with Gasteiger partial charge in [-0.2, -0.15) is 0 Å². The van der Waals surface area contributed by atoms with Gasteiger partial charge in [0.2, 0.25) is 0 Å². The first kappa shape index (κ1) is 34.1. The van der Waals surface area contributed by atoms with E-state index in [1.165, 1.54) is 62.6 Å². The first-order valence-corrected chi connectivity index (χ1v) is 17.5. The van der Waals surface area contributed by atoms with Gasteiger partial charge in [0.15, 0.2) is 0 Å². The van der Waals surface area contributed by atoms with Crippen molar-refractivity contribution >= 4 is 5.69 Å². The van der Waals surface area contributed by atoms with Crippen LogP contribution in [0.1, 0.15) is 91.9 Å². The molecule has 3 aromatic carbocycles. The second-order valence-electron chi connectivity index (χ2n) is 11.9. The van der Waals surface area contributed by atoms with Crippen LogP contribution in [0.4, 0.5) is 5.69 Å². The SMILES string of the molecule is CCCCCCCOc1ccccc1-c1cc(-c2ccc(N(CC)CC)cc2)cc(-c2ccccc2OCCCCCCC)n1. The van der Waals surface area contributed by atoms with Crippen molar-refractivity contribution in [3.8, 4) is 45.1 Å².